The maximum atomic E-state index is 12.5. The van der Waals surface area contributed by atoms with E-state index in [2.05, 4.69) is 33.8 Å². The maximum Gasteiger partial charge on any atom is 0.187 e. The highest BCUT2D eigenvalue weighted by atomic mass is 16.8. The molecule has 6 aliphatic rings. The van der Waals surface area contributed by atoms with E-state index in [1.165, 1.54) is 6.92 Å². The summed E-state index contributed by atoms with van der Waals surface area (Å²) in [5.74, 6) is -0.844. The first-order chi connectivity index (χ1) is 25.1. The second kappa shape index (κ2) is 15.1. The topological polar surface area (TPSA) is 219 Å². The molecule has 4 saturated carbocycles. The van der Waals surface area contributed by atoms with E-state index in [9.17, 15) is 46.0 Å². The Morgan fingerprint density at radius 2 is 1.50 bits per heavy atom. The highest BCUT2D eigenvalue weighted by Gasteiger charge is 2.74. The zero-order chi connectivity index (χ0) is 39.9. The van der Waals surface area contributed by atoms with Gasteiger partial charge in [-0.05, 0) is 114 Å². The van der Waals surface area contributed by atoms with Crippen molar-refractivity contribution in [1.29, 1.82) is 0 Å². The first kappa shape index (κ1) is 42.8. The van der Waals surface area contributed by atoms with Crippen LogP contribution in [0.1, 0.15) is 113 Å². The lowest BCUT2D eigenvalue weighted by atomic mass is 9.37. The van der Waals surface area contributed by atoms with Crippen LogP contribution in [0.4, 0.5) is 0 Å². The molecule has 0 bridgehead atoms. The molecule has 9 N–H and O–H groups in total. The van der Waals surface area contributed by atoms with Crippen molar-refractivity contribution in [3.63, 3.8) is 0 Å². The zero-order valence-corrected chi connectivity index (χ0v) is 33.5. The van der Waals surface area contributed by atoms with Gasteiger partial charge in [0, 0.05) is 11.3 Å². The first-order valence-electron chi connectivity index (χ1n) is 20.4. The minimum Gasteiger partial charge on any atom is -0.394 e. The minimum atomic E-state index is -1.71. The van der Waals surface area contributed by atoms with Crippen LogP contribution in [0.5, 0.6) is 0 Å². The molecule has 20 unspecified atom stereocenters. The summed E-state index contributed by atoms with van der Waals surface area (Å²) in [6.07, 6.45) is -8.48. The molecule has 0 amide bonds. The third-order valence-corrected chi connectivity index (χ3v) is 15.9. The van der Waals surface area contributed by atoms with Gasteiger partial charge >= 0.3 is 0 Å². The standard InChI is InChI=1S/C41H70O13/c1-20(2)10-9-14-40(8,50)22-11-17-41(28(22)23(43)18-26-38(6)15-13-27(44)37(4,5)25(38)12-16-39(26,41)7)54-36-34(32(48)30(46)24(19-42)52-36)53-35-33(49)31(47)29(45)21(3)51-35/h10,21-36,42-50H,9,11-19H2,1-8H3. The highest BCUT2D eigenvalue weighted by Crippen LogP contribution is 2.74. The third kappa shape index (κ3) is 6.76. The molecular formula is C41H70O13. The van der Waals surface area contributed by atoms with Crippen LogP contribution in [-0.4, -0.2) is 137 Å². The van der Waals surface area contributed by atoms with Gasteiger partial charge in [0.1, 0.15) is 42.7 Å². The molecule has 312 valence electrons. The van der Waals surface area contributed by atoms with Crippen molar-refractivity contribution < 1.29 is 64.9 Å². The Balaban J connectivity index is 1.44. The molecule has 0 aromatic heterocycles. The molecule has 54 heavy (non-hydrogen) atoms. The number of aliphatic hydroxyl groups is 9. The Bertz CT molecular complexity index is 1350. The molecule has 20 atom stereocenters. The van der Waals surface area contributed by atoms with Crippen LogP contribution in [0.15, 0.2) is 11.6 Å². The van der Waals surface area contributed by atoms with Crippen LogP contribution in [0.3, 0.4) is 0 Å². The van der Waals surface area contributed by atoms with E-state index >= 15 is 0 Å². The van der Waals surface area contributed by atoms with Gasteiger partial charge in [0.15, 0.2) is 12.6 Å². The molecule has 13 heteroatoms. The number of hydrogen-bond donors (Lipinski definition) is 9. The highest BCUT2D eigenvalue weighted by molar-refractivity contribution is 5.23. The molecule has 0 radical (unpaired) electrons. The molecule has 6 fully saturated rings. The van der Waals surface area contributed by atoms with Crippen LogP contribution < -0.4 is 0 Å². The SMILES string of the molecule is CC(C)=CCCC(C)(O)C1CCC2(OC3OC(CO)C(O)C(O)C3OC3OC(C)C(O)C(O)C3O)C1C(O)CC1C3(C)CCC(O)C(C)(C)C3CCC12C. The predicted octanol–water partition coefficient (Wildman–Crippen LogP) is 1.90. The summed E-state index contributed by atoms with van der Waals surface area (Å²) in [5.41, 5.74) is -2.42. The maximum absolute atomic E-state index is 12.5. The van der Waals surface area contributed by atoms with Gasteiger partial charge in [0.2, 0.25) is 0 Å². The van der Waals surface area contributed by atoms with Crippen molar-refractivity contribution in [2.24, 2.45) is 39.9 Å². The molecular weight excluding hydrogens is 700 g/mol. The normalized spacial score (nSPS) is 52.8. The van der Waals surface area contributed by atoms with E-state index in [0.717, 1.165) is 18.4 Å². The van der Waals surface area contributed by atoms with Crippen molar-refractivity contribution >= 4 is 0 Å². The summed E-state index contributed by atoms with van der Waals surface area (Å²) in [6.45, 7) is 15.5. The van der Waals surface area contributed by atoms with E-state index < -0.39 is 103 Å². The van der Waals surface area contributed by atoms with Gasteiger partial charge in [0.25, 0.3) is 0 Å². The Labute approximate surface area is 320 Å². The van der Waals surface area contributed by atoms with Crippen LogP contribution in [0, 0.1) is 39.9 Å². The van der Waals surface area contributed by atoms with E-state index in [1.54, 1.807) is 0 Å². The summed E-state index contributed by atoms with van der Waals surface area (Å²) in [5, 5.41) is 101. The van der Waals surface area contributed by atoms with Gasteiger partial charge in [-0.25, -0.2) is 0 Å². The quantitative estimate of drug-likeness (QED) is 0.153. The van der Waals surface area contributed by atoms with Gasteiger partial charge in [0.05, 0.1) is 36.1 Å². The number of fused-ring (bicyclic) bond motifs is 5. The van der Waals surface area contributed by atoms with Crippen molar-refractivity contribution in [1.82, 2.24) is 0 Å². The summed E-state index contributed by atoms with van der Waals surface area (Å²) >= 11 is 0. The Kier molecular flexibility index (Phi) is 12.0. The summed E-state index contributed by atoms with van der Waals surface area (Å²) in [4.78, 5) is 0. The lowest BCUT2D eigenvalue weighted by molar-refractivity contribution is -0.399. The lowest BCUT2D eigenvalue weighted by Gasteiger charge is -2.70. The molecule has 13 nitrogen and oxygen atoms in total. The van der Waals surface area contributed by atoms with Crippen molar-refractivity contribution in [3.05, 3.63) is 11.6 Å². The third-order valence-electron chi connectivity index (χ3n) is 15.9. The predicted molar refractivity (Wildman–Crippen MR) is 196 cm³/mol. The van der Waals surface area contributed by atoms with Crippen LogP contribution in [0.2, 0.25) is 0 Å². The van der Waals surface area contributed by atoms with Crippen molar-refractivity contribution in [3.8, 4) is 0 Å². The van der Waals surface area contributed by atoms with E-state index in [1.807, 2.05) is 20.8 Å². The molecule has 4 aliphatic carbocycles. The largest absolute Gasteiger partial charge is 0.394 e. The van der Waals surface area contributed by atoms with Gasteiger partial charge in [-0.3, -0.25) is 0 Å². The molecule has 0 spiro atoms. The number of allylic oxidation sites excluding steroid dienone is 2. The zero-order valence-electron chi connectivity index (χ0n) is 33.5. The first-order valence-corrected chi connectivity index (χ1v) is 20.4. The Morgan fingerprint density at radius 3 is 2.15 bits per heavy atom. The van der Waals surface area contributed by atoms with Crippen molar-refractivity contribution in [2.75, 3.05) is 6.61 Å². The number of aliphatic hydroxyl groups excluding tert-OH is 8. The number of ether oxygens (including phenoxy) is 4. The molecule has 2 heterocycles. The summed E-state index contributed by atoms with van der Waals surface area (Å²) in [6, 6.07) is 0. The lowest BCUT2D eigenvalue weighted by Crippen LogP contribution is -2.72. The molecule has 0 aromatic carbocycles. The van der Waals surface area contributed by atoms with E-state index in [0.29, 0.717) is 44.9 Å². The average molecular weight is 771 g/mol. The molecule has 0 aromatic rings. The van der Waals surface area contributed by atoms with Crippen LogP contribution in [0.25, 0.3) is 0 Å². The smallest absolute Gasteiger partial charge is 0.187 e. The van der Waals surface area contributed by atoms with Gasteiger partial charge in [-0.1, -0.05) is 39.3 Å². The summed E-state index contributed by atoms with van der Waals surface area (Å²) < 4.78 is 25.6. The van der Waals surface area contributed by atoms with Gasteiger partial charge < -0.3 is 64.9 Å². The fraction of sp³-hybridized carbons (Fsp3) is 0.951. The number of rotatable bonds is 9. The summed E-state index contributed by atoms with van der Waals surface area (Å²) in [7, 11) is 0. The average Bonchev–Trinajstić information content (AvgIpc) is 3.51. The van der Waals surface area contributed by atoms with E-state index in [4.69, 9.17) is 18.9 Å². The molecule has 2 aliphatic heterocycles. The Morgan fingerprint density at radius 1 is 0.815 bits per heavy atom. The van der Waals surface area contributed by atoms with Gasteiger partial charge in [-0.15, -0.1) is 0 Å². The molecule has 2 saturated heterocycles. The number of hydrogen-bond acceptors (Lipinski definition) is 13. The second-order valence-electron chi connectivity index (χ2n) is 19.6. The van der Waals surface area contributed by atoms with Crippen LogP contribution in [-0.2, 0) is 18.9 Å². The monoisotopic (exact) mass is 770 g/mol. The van der Waals surface area contributed by atoms with Crippen LogP contribution >= 0.6 is 0 Å². The minimum absolute atomic E-state index is 0.0655. The molecule has 6 rings (SSSR count). The second-order valence-corrected chi connectivity index (χ2v) is 19.6. The fourth-order valence-corrected chi connectivity index (χ4v) is 12.8. The Hall–Kier alpha value is -0.780. The van der Waals surface area contributed by atoms with Crippen molar-refractivity contribution in [2.45, 2.75) is 198 Å². The van der Waals surface area contributed by atoms with Gasteiger partial charge in [-0.2, -0.15) is 0 Å². The van der Waals surface area contributed by atoms with E-state index in [-0.39, 0.29) is 28.6 Å². The fourth-order valence-electron chi connectivity index (χ4n) is 12.8.